The first kappa shape index (κ1) is 16.8. The zero-order valence-corrected chi connectivity index (χ0v) is 11.2. The van der Waals surface area contributed by atoms with Gasteiger partial charge in [0, 0.05) is 6.54 Å². The first-order valence-electron chi connectivity index (χ1n) is 5.78. The molecular formula is C11H16N4O6. The topological polar surface area (TPSA) is 149 Å². The third-order valence-electron chi connectivity index (χ3n) is 2.57. The summed E-state index contributed by atoms with van der Waals surface area (Å²) in [5.74, 6) is -2.49. The molecule has 0 fully saturated rings. The zero-order valence-electron chi connectivity index (χ0n) is 11.2. The van der Waals surface area contributed by atoms with Crippen molar-refractivity contribution in [1.29, 1.82) is 0 Å². The van der Waals surface area contributed by atoms with Gasteiger partial charge in [0.25, 0.3) is 0 Å². The second-order valence-electron chi connectivity index (χ2n) is 3.81. The van der Waals surface area contributed by atoms with Crippen LogP contribution in [0.2, 0.25) is 0 Å². The fourth-order valence-corrected chi connectivity index (χ4v) is 1.68. The van der Waals surface area contributed by atoms with Crippen LogP contribution in [0.25, 0.3) is 0 Å². The predicted molar refractivity (Wildman–Crippen MR) is 70.5 cm³/mol. The standard InChI is InChI=1S/C11H16N4O6/c1-21-15(13-20)14(5-4-12)9-6-7(10(16)17)2-3-8(9)11(18)19/h2-3,6,13,20H,4-5,12H2,1H3,(H,16,17)(H,18,19). The minimum absolute atomic E-state index is 0.00347. The van der Waals surface area contributed by atoms with Crippen molar-refractivity contribution in [2.75, 3.05) is 25.2 Å². The van der Waals surface area contributed by atoms with E-state index in [-0.39, 0.29) is 29.9 Å². The van der Waals surface area contributed by atoms with Gasteiger partial charge in [0.1, 0.15) is 0 Å². The van der Waals surface area contributed by atoms with E-state index in [9.17, 15) is 14.7 Å². The lowest BCUT2D eigenvalue weighted by Gasteiger charge is -2.32. The van der Waals surface area contributed by atoms with Gasteiger partial charge in [-0.05, 0) is 23.5 Å². The van der Waals surface area contributed by atoms with E-state index in [0.29, 0.717) is 0 Å². The first-order valence-corrected chi connectivity index (χ1v) is 5.78. The molecule has 1 rings (SSSR count). The zero-order chi connectivity index (χ0) is 16.0. The van der Waals surface area contributed by atoms with Crippen molar-refractivity contribution in [3.8, 4) is 0 Å². The van der Waals surface area contributed by atoms with Crippen molar-refractivity contribution in [1.82, 2.24) is 10.9 Å². The van der Waals surface area contributed by atoms with Crippen molar-refractivity contribution < 1.29 is 29.8 Å². The van der Waals surface area contributed by atoms with Crippen LogP contribution in [0.1, 0.15) is 20.7 Å². The van der Waals surface area contributed by atoms with E-state index in [4.69, 9.17) is 20.9 Å². The van der Waals surface area contributed by atoms with Gasteiger partial charge in [0.2, 0.25) is 0 Å². The SMILES string of the molecule is CON(NO)N(CCN)c1cc(C(=O)O)ccc1C(=O)O. The molecule has 0 saturated heterocycles. The van der Waals surface area contributed by atoms with Gasteiger partial charge in [-0.15, -0.1) is 0 Å². The van der Waals surface area contributed by atoms with Gasteiger partial charge in [-0.2, -0.15) is 0 Å². The Morgan fingerprint density at radius 2 is 2.00 bits per heavy atom. The van der Waals surface area contributed by atoms with Crippen LogP contribution >= 0.6 is 0 Å². The van der Waals surface area contributed by atoms with E-state index >= 15 is 0 Å². The number of nitrogens with one attached hydrogen (secondary N) is 1. The fraction of sp³-hybridized carbons (Fsp3) is 0.273. The van der Waals surface area contributed by atoms with Crippen LogP contribution in [-0.4, -0.2) is 52.8 Å². The summed E-state index contributed by atoms with van der Waals surface area (Å²) in [6.07, 6.45) is 0. The second kappa shape index (κ2) is 7.52. The number of benzene rings is 1. The molecule has 0 amide bonds. The van der Waals surface area contributed by atoms with Crippen molar-refractivity contribution >= 4 is 17.6 Å². The summed E-state index contributed by atoms with van der Waals surface area (Å²) in [6.45, 7) is 0.155. The number of aromatic carboxylic acids is 2. The average Bonchev–Trinajstić information content (AvgIpc) is 2.46. The number of anilines is 1. The maximum atomic E-state index is 11.3. The summed E-state index contributed by atoms with van der Waals surface area (Å²) in [5.41, 5.74) is 6.83. The van der Waals surface area contributed by atoms with Gasteiger partial charge < -0.3 is 15.9 Å². The van der Waals surface area contributed by atoms with Gasteiger partial charge in [0.05, 0.1) is 30.5 Å². The van der Waals surface area contributed by atoms with Crippen LogP contribution in [0.15, 0.2) is 18.2 Å². The Bertz CT molecular complexity index is 519. The third-order valence-corrected chi connectivity index (χ3v) is 2.57. The van der Waals surface area contributed by atoms with Crippen molar-refractivity contribution in [2.24, 2.45) is 5.73 Å². The molecule has 10 heteroatoms. The van der Waals surface area contributed by atoms with E-state index in [2.05, 4.69) is 0 Å². The maximum absolute atomic E-state index is 11.3. The van der Waals surface area contributed by atoms with Gasteiger partial charge in [0.15, 0.2) is 0 Å². The van der Waals surface area contributed by atoms with Crippen LogP contribution in [0.5, 0.6) is 0 Å². The summed E-state index contributed by atoms with van der Waals surface area (Å²) in [5, 5.41) is 29.1. The monoisotopic (exact) mass is 300 g/mol. The van der Waals surface area contributed by atoms with Crippen LogP contribution in [-0.2, 0) is 4.84 Å². The van der Waals surface area contributed by atoms with Gasteiger partial charge >= 0.3 is 11.9 Å². The minimum Gasteiger partial charge on any atom is -0.478 e. The molecule has 0 atom stereocenters. The maximum Gasteiger partial charge on any atom is 0.337 e. The lowest BCUT2D eigenvalue weighted by molar-refractivity contribution is -0.246. The number of carbonyl (C=O) groups is 2. The summed E-state index contributed by atoms with van der Waals surface area (Å²) in [6, 6.07) is 3.46. The van der Waals surface area contributed by atoms with Gasteiger partial charge in [-0.1, -0.05) is 5.59 Å². The lowest BCUT2D eigenvalue weighted by atomic mass is 10.1. The molecule has 0 aliphatic heterocycles. The third kappa shape index (κ3) is 3.87. The molecule has 1 aromatic rings. The summed E-state index contributed by atoms with van der Waals surface area (Å²) in [4.78, 5) is 27.1. The molecule has 0 radical (unpaired) electrons. The molecule has 10 nitrogen and oxygen atoms in total. The molecule has 116 valence electrons. The lowest BCUT2D eigenvalue weighted by Crippen LogP contribution is -2.51. The molecule has 0 aromatic heterocycles. The average molecular weight is 300 g/mol. The molecular weight excluding hydrogens is 284 g/mol. The minimum atomic E-state index is -1.27. The van der Waals surface area contributed by atoms with Crippen LogP contribution in [0, 0.1) is 0 Å². The highest BCUT2D eigenvalue weighted by atomic mass is 16.8. The smallest absolute Gasteiger partial charge is 0.337 e. The quantitative estimate of drug-likeness (QED) is 0.398. The molecule has 0 heterocycles. The van der Waals surface area contributed by atoms with Gasteiger partial charge in [-0.3, -0.25) is 15.1 Å². The van der Waals surface area contributed by atoms with E-state index in [1.807, 2.05) is 0 Å². The van der Waals surface area contributed by atoms with E-state index in [1.165, 1.54) is 13.2 Å². The Balaban J connectivity index is 3.41. The number of carboxylic acid groups (broad SMARTS) is 2. The van der Waals surface area contributed by atoms with Crippen LogP contribution < -0.4 is 16.3 Å². The largest absolute Gasteiger partial charge is 0.478 e. The van der Waals surface area contributed by atoms with Crippen molar-refractivity contribution in [3.05, 3.63) is 29.3 Å². The van der Waals surface area contributed by atoms with Crippen LogP contribution in [0.3, 0.4) is 0 Å². The highest BCUT2D eigenvalue weighted by molar-refractivity contribution is 5.97. The van der Waals surface area contributed by atoms with Gasteiger partial charge in [-0.25, -0.2) is 9.59 Å². The highest BCUT2D eigenvalue weighted by Gasteiger charge is 2.23. The number of nitrogens with zero attached hydrogens (tertiary/aromatic N) is 2. The second-order valence-corrected chi connectivity index (χ2v) is 3.81. The Morgan fingerprint density at radius 1 is 1.33 bits per heavy atom. The van der Waals surface area contributed by atoms with E-state index in [0.717, 1.165) is 22.4 Å². The molecule has 0 unspecified atom stereocenters. The Kier molecular flexibility index (Phi) is 6.02. The fourth-order valence-electron chi connectivity index (χ4n) is 1.68. The predicted octanol–water partition coefficient (Wildman–Crippen LogP) is -0.480. The summed E-state index contributed by atoms with van der Waals surface area (Å²) >= 11 is 0. The number of hydrogen-bond donors (Lipinski definition) is 5. The Labute approximate surface area is 119 Å². The molecule has 6 N–H and O–H groups in total. The highest BCUT2D eigenvalue weighted by Crippen LogP contribution is 2.23. The number of nitrogens with two attached hydrogens (primary N) is 1. The number of hydrazine groups is 2. The van der Waals surface area contributed by atoms with E-state index < -0.39 is 11.9 Å². The van der Waals surface area contributed by atoms with E-state index in [1.54, 1.807) is 5.59 Å². The molecule has 0 bridgehead atoms. The number of rotatable bonds is 8. The summed E-state index contributed by atoms with van der Waals surface area (Å²) in [7, 11) is 1.22. The molecule has 0 aliphatic carbocycles. The molecule has 0 spiro atoms. The summed E-state index contributed by atoms with van der Waals surface area (Å²) < 4.78 is 0. The van der Waals surface area contributed by atoms with Crippen molar-refractivity contribution in [3.63, 3.8) is 0 Å². The first-order chi connectivity index (χ1) is 9.96. The normalized spacial score (nSPS) is 10.7. The molecule has 1 aromatic carbocycles. The van der Waals surface area contributed by atoms with Crippen molar-refractivity contribution in [2.45, 2.75) is 0 Å². The molecule has 0 aliphatic rings. The molecule has 0 saturated carbocycles. The van der Waals surface area contributed by atoms with Crippen LogP contribution in [0.4, 0.5) is 5.69 Å². The molecule has 21 heavy (non-hydrogen) atoms. The number of carboxylic acids is 2. The Morgan fingerprint density at radius 3 is 2.43 bits per heavy atom. The number of hydrogen-bond acceptors (Lipinski definition) is 8. The Hall–Kier alpha value is -2.24.